The summed E-state index contributed by atoms with van der Waals surface area (Å²) < 4.78 is 1.95. The number of hydrogen-bond donors (Lipinski definition) is 1. The van der Waals surface area contributed by atoms with Crippen LogP contribution in [0.25, 0.3) is 11.7 Å². The van der Waals surface area contributed by atoms with E-state index in [4.69, 9.17) is 12.2 Å². The summed E-state index contributed by atoms with van der Waals surface area (Å²) in [4.78, 5) is 31.6. The van der Waals surface area contributed by atoms with Gasteiger partial charge < -0.3 is 5.32 Å². The molecule has 25 heavy (non-hydrogen) atoms. The van der Waals surface area contributed by atoms with Gasteiger partial charge >= 0.3 is 0 Å². The van der Waals surface area contributed by atoms with Crippen LogP contribution < -0.4 is 10.9 Å². The van der Waals surface area contributed by atoms with Gasteiger partial charge in [0.15, 0.2) is 0 Å². The fourth-order valence-corrected chi connectivity index (χ4v) is 3.51. The van der Waals surface area contributed by atoms with Gasteiger partial charge in [-0.1, -0.05) is 43.9 Å². The van der Waals surface area contributed by atoms with Gasteiger partial charge in [0.25, 0.3) is 11.5 Å². The van der Waals surface area contributed by atoms with Crippen LogP contribution in [0.1, 0.15) is 19.4 Å². The van der Waals surface area contributed by atoms with Crippen LogP contribution in [0.2, 0.25) is 0 Å². The molecule has 1 fully saturated rings. The maximum absolute atomic E-state index is 12.9. The van der Waals surface area contributed by atoms with Gasteiger partial charge in [-0.3, -0.25) is 18.9 Å². The van der Waals surface area contributed by atoms with E-state index in [9.17, 15) is 9.59 Å². The number of rotatable bonds is 4. The molecule has 0 bridgehead atoms. The number of pyridine rings is 1. The Morgan fingerprint density at radius 2 is 2.12 bits per heavy atom. The predicted molar refractivity (Wildman–Crippen MR) is 106 cm³/mol. The normalized spacial score (nSPS) is 16.5. The lowest BCUT2D eigenvalue weighted by molar-refractivity contribution is -0.121. The average Bonchev–Trinajstić information content (AvgIpc) is 2.83. The lowest BCUT2D eigenvalue weighted by Crippen LogP contribution is -2.23. The van der Waals surface area contributed by atoms with E-state index in [-0.39, 0.29) is 11.5 Å². The molecule has 0 saturated carbocycles. The van der Waals surface area contributed by atoms with E-state index in [1.807, 2.05) is 6.07 Å². The van der Waals surface area contributed by atoms with Crippen molar-refractivity contribution < 1.29 is 4.79 Å². The number of carbonyl (C=O) groups is 1. The molecule has 0 atom stereocenters. The summed E-state index contributed by atoms with van der Waals surface area (Å²) in [5, 5.41) is 3.22. The van der Waals surface area contributed by atoms with Gasteiger partial charge in [-0.2, -0.15) is 0 Å². The van der Waals surface area contributed by atoms with Crippen molar-refractivity contribution in [3.8, 4) is 0 Å². The molecular formula is C17H18N4O2S2. The van der Waals surface area contributed by atoms with Crippen molar-refractivity contribution in [3.05, 3.63) is 45.2 Å². The summed E-state index contributed by atoms with van der Waals surface area (Å²) in [6.45, 7) is 4.82. The molecule has 0 aliphatic carbocycles. The van der Waals surface area contributed by atoms with Gasteiger partial charge in [0.05, 0.1) is 10.5 Å². The lowest BCUT2D eigenvalue weighted by atomic mass is 10.2. The van der Waals surface area contributed by atoms with E-state index in [0.717, 1.165) is 0 Å². The van der Waals surface area contributed by atoms with Crippen molar-refractivity contribution in [2.45, 2.75) is 13.8 Å². The molecule has 8 heteroatoms. The quantitative estimate of drug-likeness (QED) is 0.655. The van der Waals surface area contributed by atoms with Crippen LogP contribution in [0.4, 0.5) is 5.82 Å². The van der Waals surface area contributed by atoms with Crippen LogP contribution in [-0.4, -0.2) is 38.1 Å². The van der Waals surface area contributed by atoms with Gasteiger partial charge in [0, 0.05) is 19.8 Å². The first-order chi connectivity index (χ1) is 11.9. The minimum atomic E-state index is -0.224. The van der Waals surface area contributed by atoms with Gasteiger partial charge in [-0.15, -0.1) is 0 Å². The zero-order valence-corrected chi connectivity index (χ0v) is 15.8. The molecule has 6 nitrogen and oxygen atoms in total. The third-order valence-corrected chi connectivity index (χ3v) is 5.19. The van der Waals surface area contributed by atoms with Crippen molar-refractivity contribution in [2.24, 2.45) is 5.92 Å². The summed E-state index contributed by atoms with van der Waals surface area (Å²) in [6.07, 6.45) is 3.25. The number of thioether (sulfide) groups is 1. The minimum absolute atomic E-state index is 0.206. The summed E-state index contributed by atoms with van der Waals surface area (Å²) in [5.41, 5.74) is 0.690. The average molecular weight is 374 g/mol. The standard InChI is InChI=1S/C17H18N4O2S2/c1-10(2)9-18-14-11(8-12-16(23)20(3)17(24)25-12)15(22)21-7-5-4-6-13(21)19-14/h4-8,10,18H,9H2,1-3H3/b12-8+. The molecule has 0 aromatic carbocycles. The Kier molecular flexibility index (Phi) is 4.91. The Morgan fingerprint density at radius 3 is 2.76 bits per heavy atom. The van der Waals surface area contributed by atoms with E-state index >= 15 is 0 Å². The number of carbonyl (C=O) groups excluding carboxylic acids is 1. The second-order valence-electron chi connectivity index (χ2n) is 6.12. The number of nitrogens with zero attached hydrogens (tertiary/aromatic N) is 3. The fourth-order valence-electron chi connectivity index (χ4n) is 2.35. The zero-order valence-electron chi connectivity index (χ0n) is 14.1. The van der Waals surface area contributed by atoms with E-state index < -0.39 is 0 Å². The lowest BCUT2D eigenvalue weighted by Gasteiger charge is -2.12. The highest BCUT2D eigenvalue weighted by Crippen LogP contribution is 2.31. The molecule has 1 aliphatic rings. The Balaban J connectivity index is 2.16. The van der Waals surface area contributed by atoms with Crippen LogP contribution in [0.3, 0.4) is 0 Å². The first-order valence-electron chi connectivity index (χ1n) is 7.85. The third-order valence-electron chi connectivity index (χ3n) is 3.71. The number of anilines is 1. The molecule has 2 aromatic heterocycles. The van der Waals surface area contributed by atoms with Crippen molar-refractivity contribution >= 4 is 51.7 Å². The minimum Gasteiger partial charge on any atom is -0.369 e. The number of amides is 1. The van der Waals surface area contributed by atoms with Crippen molar-refractivity contribution in [3.63, 3.8) is 0 Å². The Morgan fingerprint density at radius 1 is 1.36 bits per heavy atom. The summed E-state index contributed by atoms with van der Waals surface area (Å²) in [6, 6.07) is 5.37. The number of hydrogen-bond acceptors (Lipinski definition) is 6. The predicted octanol–water partition coefficient (Wildman–Crippen LogP) is 2.59. The molecule has 0 spiro atoms. The first-order valence-corrected chi connectivity index (χ1v) is 9.07. The van der Waals surface area contributed by atoms with Gasteiger partial charge in [0.1, 0.15) is 15.8 Å². The van der Waals surface area contributed by atoms with Crippen molar-refractivity contribution in [1.29, 1.82) is 0 Å². The Labute approximate surface area is 154 Å². The fraction of sp³-hybridized carbons (Fsp3) is 0.294. The second-order valence-corrected chi connectivity index (χ2v) is 7.80. The second kappa shape index (κ2) is 6.97. The maximum Gasteiger partial charge on any atom is 0.267 e. The molecule has 3 rings (SSSR count). The SMILES string of the molecule is CC(C)CNc1nc2ccccn2c(=O)c1/C=C1/SC(=S)N(C)C1=O. The van der Waals surface area contributed by atoms with E-state index in [1.165, 1.54) is 21.1 Å². The topological polar surface area (TPSA) is 66.7 Å². The number of nitrogens with one attached hydrogen (secondary N) is 1. The molecule has 1 N–H and O–H groups in total. The van der Waals surface area contributed by atoms with E-state index in [1.54, 1.807) is 31.5 Å². The number of thiocarbonyl (C=S) groups is 1. The molecule has 1 saturated heterocycles. The highest BCUT2D eigenvalue weighted by molar-refractivity contribution is 8.26. The van der Waals surface area contributed by atoms with Crippen molar-refractivity contribution in [1.82, 2.24) is 14.3 Å². The van der Waals surface area contributed by atoms with Gasteiger partial charge in [-0.25, -0.2) is 4.98 Å². The molecule has 130 valence electrons. The molecular weight excluding hydrogens is 356 g/mol. The highest BCUT2D eigenvalue weighted by Gasteiger charge is 2.29. The number of fused-ring (bicyclic) bond motifs is 1. The van der Waals surface area contributed by atoms with Gasteiger partial charge in [-0.05, 0) is 24.1 Å². The third kappa shape index (κ3) is 3.45. The summed E-state index contributed by atoms with van der Waals surface area (Å²) in [7, 11) is 1.63. The largest absolute Gasteiger partial charge is 0.369 e. The number of aromatic nitrogens is 2. The van der Waals surface area contributed by atoms with Crippen LogP contribution in [-0.2, 0) is 4.79 Å². The molecule has 0 radical (unpaired) electrons. The van der Waals surface area contributed by atoms with Crippen molar-refractivity contribution in [2.75, 3.05) is 18.9 Å². The Hall–Kier alpha value is -2.19. The summed E-state index contributed by atoms with van der Waals surface area (Å²) in [5.74, 6) is 0.659. The van der Waals surface area contributed by atoms with Gasteiger partial charge in [0.2, 0.25) is 0 Å². The monoisotopic (exact) mass is 374 g/mol. The van der Waals surface area contributed by atoms with Crippen LogP contribution >= 0.6 is 24.0 Å². The highest BCUT2D eigenvalue weighted by atomic mass is 32.2. The Bertz CT molecular complexity index is 949. The van der Waals surface area contributed by atoms with E-state index in [2.05, 4.69) is 24.1 Å². The maximum atomic E-state index is 12.9. The van der Waals surface area contributed by atoms with E-state index in [0.29, 0.717) is 38.7 Å². The molecule has 0 unspecified atom stereocenters. The first kappa shape index (κ1) is 17.6. The van der Waals surface area contributed by atoms with Crippen LogP contribution in [0.15, 0.2) is 34.1 Å². The van der Waals surface area contributed by atoms with Crippen LogP contribution in [0, 0.1) is 5.92 Å². The summed E-state index contributed by atoms with van der Waals surface area (Å²) >= 11 is 6.34. The smallest absolute Gasteiger partial charge is 0.267 e. The zero-order chi connectivity index (χ0) is 18.1. The number of likely N-dealkylation sites (N-methyl/N-ethyl adjacent to an activating group) is 1. The molecule has 1 aliphatic heterocycles. The van der Waals surface area contributed by atoms with Crippen LogP contribution in [0.5, 0.6) is 0 Å². The molecule has 1 amide bonds. The molecule has 3 heterocycles. The molecule has 2 aromatic rings.